The summed E-state index contributed by atoms with van der Waals surface area (Å²) >= 11 is 0. The van der Waals surface area contributed by atoms with Gasteiger partial charge in [-0.3, -0.25) is 4.79 Å². The van der Waals surface area contributed by atoms with Gasteiger partial charge >= 0.3 is 0 Å². The number of carbonyl (C=O) groups excluding carboxylic acids is 1. The lowest BCUT2D eigenvalue weighted by molar-refractivity contribution is -0.113. The van der Waals surface area contributed by atoms with Gasteiger partial charge in [0.15, 0.2) is 0 Å². The predicted octanol–water partition coefficient (Wildman–Crippen LogP) is 1.36. The van der Waals surface area contributed by atoms with Crippen molar-refractivity contribution in [2.24, 2.45) is 0 Å². The van der Waals surface area contributed by atoms with Gasteiger partial charge in [0.1, 0.15) is 5.70 Å². The summed E-state index contributed by atoms with van der Waals surface area (Å²) in [5.74, 6) is -0.0921. The lowest BCUT2D eigenvalue weighted by Gasteiger charge is -2.31. The summed E-state index contributed by atoms with van der Waals surface area (Å²) in [6, 6.07) is 7.71. The molecule has 0 unspecified atom stereocenters. The highest BCUT2D eigenvalue weighted by molar-refractivity contribution is 6.12. The minimum absolute atomic E-state index is 0.0921. The number of para-hydroxylation sites is 2. The van der Waals surface area contributed by atoms with Crippen LogP contribution in [0.4, 0.5) is 11.4 Å². The molecule has 2 heterocycles. The van der Waals surface area contributed by atoms with Gasteiger partial charge in [-0.15, -0.1) is 0 Å². The Morgan fingerprint density at radius 2 is 2.07 bits per heavy atom. The van der Waals surface area contributed by atoms with E-state index in [1.807, 2.05) is 35.4 Å². The van der Waals surface area contributed by atoms with Gasteiger partial charge in [0.25, 0.3) is 5.91 Å². The summed E-state index contributed by atoms with van der Waals surface area (Å²) in [6.45, 7) is 0. The largest absolute Gasteiger partial charge is 0.364 e. The van der Waals surface area contributed by atoms with E-state index in [2.05, 4.69) is 10.6 Å². The van der Waals surface area contributed by atoms with Gasteiger partial charge in [-0.05, 0) is 12.1 Å². The average Bonchev–Trinajstić information content (AvgIpc) is 2.30. The molecule has 1 amide bonds. The molecule has 0 saturated heterocycles. The van der Waals surface area contributed by atoms with Gasteiger partial charge in [-0.2, -0.15) is 0 Å². The van der Waals surface area contributed by atoms with Crippen LogP contribution in [0.15, 0.2) is 48.6 Å². The fourth-order valence-corrected chi connectivity index (χ4v) is 1.76. The van der Waals surface area contributed by atoms with Crippen molar-refractivity contribution >= 4 is 17.3 Å². The number of rotatable bonds is 0. The summed E-state index contributed by atoms with van der Waals surface area (Å²) in [7, 11) is 0. The van der Waals surface area contributed by atoms with E-state index in [1.54, 1.807) is 12.4 Å². The maximum Gasteiger partial charge on any atom is 0.274 e. The molecule has 1 aromatic rings. The van der Waals surface area contributed by atoms with Crippen molar-refractivity contribution in [2.75, 3.05) is 10.2 Å². The van der Waals surface area contributed by atoms with Crippen molar-refractivity contribution in [3.05, 3.63) is 48.6 Å². The van der Waals surface area contributed by atoms with Gasteiger partial charge in [-0.25, -0.2) is 0 Å². The Morgan fingerprint density at radius 3 is 3.00 bits per heavy atom. The molecule has 2 N–H and O–H groups in total. The van der Waals surface area contributed by atoms with E-state index >= 15 is 0 Å². The number of nitrogens with one attached hydrogen (secondary N) is 2. The number of amides is 1. The number of hydrogen-bond acceptors (Lipinski definition) is 3. The molecule has 15 heavy (non-hydrogen) atoms. The highest BCUT2D eigenvalue weighted by Crippen LogP contribution is 2.33. The first-order valence-corrected chi connectivity index (χ1v) is 4.69. The standard InChI is InChI=1S/C11H9N3O/c15-11-10-7-12-5-6-14(10)9-4-2-1-3-8(9)13-11/h1-7,12H,(H,13,15). The first kappa shape index (κ1) is 8.11. The average molecular weight is 199 g/mol. The molecule has 0 aromatic heterocycles. The Bertz CT molecular complexity index is 490. The van der Waals surface area contributed by atoms with Gasteiger partial charge < -0.3 is 15.5 Å². The maximum atomic E-state index is 11.7. The minimum atomic E-state index is -0.0921. The Morgan fingerprint density at radius 1 is 1.20 bits per heavy atom. The third-order valence-electron chi connectivity index (χ3n) is 2.44. The summed E-state index contributed by atoms with van der Waals surface area (Å²) in [6.07, 6.45) is 5.32. The first-order valence-electron chi connectivity index (χ1n) is 4.69. The second kappa shape index (κ2) is 2.88. The predicted molar refractivity (Wildman–Crippen MR) is 57.9 cm³/mol. The zero-order valence-corrected chi connectivity index (χ0v) is 7.90. The van der Waals surface area contributed by atoms with E-state index in [9.17, 15) is 4.79 Å². The molecule has 3 rings (SSSR count). The van der Waals surface area contributed by atoms with E-state index in [1.165, 1.54) is 0 Å². The summed E-state index contributed by atoms with van der Waals surface area (Å²) in [4.78, 5) is 13.6. The zero-order valence-electron chi connectivity index (χ0n) is 7.90. The van der Waals surface area contributed by atoms with Crippen molar-refractivity contribution in [3.63, 3.8) is 0 Å². The molecule has 74 valence electrons. The number of nitrogens with zero attached hydrogens (tertiary/aromatic N) is 1. The van der Waals surface area contributed by atoms with Crippen molar-refractivity contribution in [1.82, 2.24) is 5.32 Å². The molecule has 0 aliphatic carbocycles. The van der Waals surface area contributed by atoms with E-state index in [0.717, 1.165) is 11.4 Å². The fourth-order valence-electron chi connectivity index (χ4n) is 1.76. The van der Waals surface area contributed by atoms with E-state index < -0.39 is 0 Å². The summed E-state index contributed by atoms with van der Waals surface area (Å²) < 4.78 is 0. The first-order chi connectivity index (χ1) is 7.36. The molecule has 0 bridgehead atoms. The number of fused-ring (bicyclic) bond motifs is 3. The lowest BCUT2D eigenvalue weighted by atomic mass is 10.1. The maximum absolute atomic E-state index is 11.7. The van der Waals surface area contributed by atoms with Crippen LogP contribution in [-0.2, 0) is 4.79 Å². The number of carbonyl (C=O) groups is 1. The second-order valence-electron chi connectivity index (χ2n) is 3.35. The monoisotopic (exact) mass is 199 g/mol. The Kier molecular flexibility index (Phi) is 1.56. The molecule has 2 aliphatic heterocycles. The van der Waals surface area contributed by atoms with Gasteiger partial charge in [0.05, 0.1) is 11.4 Å². The van der Waals surface area contributed by atoms with Crippen LogP contribution in [0.1, 0.15) is 0 Å². The molecule has 0 radical (unpaired) electrons. The van der Waals surface area contributed by atoms with E-state index in [4.69, 9.17) is 0 Å². The Hall–Kier alpha value is -2.23. The third kappa shape index (κ3) is 1.11. The molecule has 0 atom stereocenters. The SMILES string of the molecule is O=C1Nc2ccccc2N2C=CNC=C12. The molecule has 1 aromatic carbocycles. The normalized spacial score (nSPS) is 17.2. The van der Waals surface area contributed by atoms with Crippen molar-refractivity contribution in [2.45, 2.75) is 0 Å². The Balaban J connectivity index is 2.19. The van der Waals surface area contributed by atoms with Crippen molar-refractivity contribution < 1.29 is 4.79 Å². The summed E-state index contributed by atoms with van der Waals surface area (Å²) in [5, 5.41) is 5.74. The minimum Gasteiger partial charge on any atom is -0.364 e. The van der Waals surface area contributed by atoms with Crippen LogP contribution in [0.5, 0.6) is 0 Å². The lowest BCUT2D eigenvalue weighted by Crippen LogP contribution is -2.35. The number of anilines is 2. The molecule has 0 saturated carbocycles. The van der Waals surface area contributed by atoms with Gasteiger partial charge in [0.2, 0.25) is 0 Å². The number of hydrogen-bond donors (Lipinski definition) is 2. The smallest absolute Gasteiger partial charge is 0.274 e. The molecular formula is C11H9N3O. The highest BCUT2D eigenvalue weighted by atomic mass is 16.2. The quantitative estimate of drug-likeness (QED) is 0.663. The molecule has 4 nitrogen and oxygen atoms in total. The van der Waals surface area contributed by atoms with Crippen molar-refractivity contribution in [3.8, 4) is 0 Å². The van der Waals surface area contributed by atoms with Gasteiger partial charge in [0, 0.05) is 18.6 Å². The molecule has 2 aliphatic rings. The van der Waals surface area contributed by atoms with Crippen LogP contribution in [0, 0.1) is 0 Å². The molecule has 0 spiro atoms. The zero-order chi connectivity index (χ0) is 10.3. The topological polar surface area (TPSA) is 44.4 Å². The molecular weight excluding hydrogens is 190 g/mol. The fraction of sp³-hybridized carbons (Fsp3) is 0. The van der Waals surface area contributed by atoms with E-state index in [0.29, 0.717) is 5.70 Å². The van der Waals surface area contributed by atoms with Crippen LogP contribution < -0.4 is 15.5 Å². The van der Waals surface area contributed by atoms with Crippen LogP contribution >= 0.6 is 0 Å². The molecule has 0 fully saturated rings. The second-order valence-corrected chi connectivity index (χ2v) is 3.35. The van der Waals surface area contributed by atoms with Gasteiger partial charge in [-0.1, -0.05) is 12.1 Å². The van der Waals surface area contributed by atoms with Crippen LogP contribution in [0.25, 0.3) is 0 Å². The third-order valence-corrected chi connectivity index (χ3v) is 2.44. The van der Waals surface area contributed by atoms with Crippen molar-refractivity contribution in [1.29, 1.82) is 0 Å². The van der Waals surface area contributed by atoms with Crippen LogP contribution in [0.2, 0.25) is 0 Å². The summed E-state index contributed by atoms with van der Waals surface area (Å²) in [5.41, 5.74) is 2.43. The Labute approximate surface area is 86.9 Å². The molecule has 4 heteroatoms. The van der Waals surface area contributed by atoms with E-state index in [-0.39, 0.29) is 5.91 Å². The highest BCUT2D eigenvalue weighted by Gasteiger charge is 2.26. The number of benzene rings is 1. The van der Waals surface area contributed by atoms with Crippen LogP contribution in [-0.4, -0.2) is 5.91 Å². The van der Waals surface area contributed by atoms with Crippen LogP contribution in [0.3, 0.4) is 0 Å².